The molecule has 5 rings (SSSR count). The summed E-state index contributed by atoms with van der Waals surface area (Å²) in [7, 11) is 0. The summed E-state index contributed by atoms with van der Waals surface area (Å²) in [5.74, 6) is 2.21. The number of thioether (sulfide) groups is 1. The first-order chi connectivity index (χ1) is 13.1. The summed E-state index contributed by atoms with van der Waals surface area (Å²) in [6, 6.07) is 11.2. The van der Waals surface area contributed by atoms with E-state index in [0.29, 0.717) is 34.3 Å². The topological polar surface area (TPSA) is 74.7 Å². The molecule has 2 aliphatic rings. The van der Waals surface area contributed by atoms with Gasteiger partial charge in [0, 0.05) is 17.1 Å². The molecule has 0 amide bonds. The number of fused-ring (bicyclic) bond motifs is 2. The maximum Gasteiger partial charge on any atom is 0.234 e. The molecule has 2 N–H and O–H groups in total. The normalized spacial score (nSPS) is 18.1. The van der Waals surface area contributed by atoms with E-state index in [1.54, 1.807) is 18.2 Å². The lowest BCUT2D eigenvalue weighted by molar-refractivity contribution is 0.101. The number of hydrogen-bond donors (Lipinski definition) is 1. The zero-order chi connectivity index (χ0) is 18.5. The second kappa shape index (κ2) is 6.09. The highest BCUT2D eigenvalue weighted by Gasteiger charge is 2.28. The number of rotatable bonds is 3. The number of benzene rings is 2. The van der Waals surface area contributed by atoms with Gasteiger partial charge in [-0.05, 0) is 42.2 Å². The number of allylic oxidation sites excluding steroid dienone is 1. The zero-order valence-electron chi connectivity index (χ0n) is 14.7. The third-order valence-electron chi connectivity index (χ3n) is 5.08. The second-order valence-electron chi connectivity index (χ2n) is 6.72. The lowest BCUT2D eigenvalue weighted by atomic mass is 9.94. The molecule has 0 saturated heterocycles. The number of carbonyl (C=O) groups excluding carboxylic acids is 1. The van der Waals surface area contributed by atoms with Crippen LogP contribution in [0, 0.1) is 0 Å². The van der Waals surface area contributed by atoms with Crippen LogP contribution in [0.15, 0.2) is 51.8 Å². The quantitative estimate of drug-likeness (QED) is 0.665. The first kappa shape index (κ1) is 16.3. The van der Waals surface area contributed by atoms with Crippen molar-refractivity contribution in [3.05, 3.63) is 64.3 Å². The maximum absolute atomic E-state index is 13.1. The van der Waals surface area contributed by atoms with Crippen molar-refractivity contribution in [2.45, 2.75) is 12.8 Å². The highest BCUT2D eigenvalue weighted by molar-refractivity contribution is 8.02. The minimum atomic E-state index is -0.305. The number of carbonyl (C=O) groups is 1. The van der Waals surface area contributed by atoms with E-state index in [1.807, 2.05) is 23.9 Å². The predicted molar refractivity (Wildman–Crippen MR) is 106 cm³/mol. The van der Waals surface area contributed by atoms with Crippen molar-refractivity contribution < 1.29 is 18.7 Å². The third-order valence-corrected chi connectivity index (χ3v) is 6.15. The Bertz CT molecular complexity index is 1110. The minimum absolute atomic E-state index is 0.102. The molecular weight excluding hydrogens is 362 g/mol. The molecule has 136 valence electrons. The van der Waals surface area contributed by atoms with Gasteiger partial charge in [0.15, 0.2) is 17.3 Å². The molecule has 0 spiro atoms. The van der Waals surface area contributed by atoms with Gasteiger partial charge in [-0.25, -0.2) is 0 Å². The van der Waals surface area contributed by atoms with Crippen molar-refractivity contribution in [2.75, 3.05) is 18.3 Å². The molecule has 2 aliphatic heterocycles. The number of nitrogen functional groups attached to an aromatic ring is 1. The SMILES string of the molecule is CC1=CSCC1c1ccc2c(N)c(C(=O)c3cccc4c3OCO4)oc2c1. The molecule has 27 heavy (non-hydrogen) atoms. The Hall–Kier alpha value is -2.86. The van der Waals surface area contributed by atoms with Crippen LogP contribution in [-0.4, -0.2) is 18.3 Å². The van der Waals surface area contributed by atoms with Gasteiger partial charge in [0.25, 0.3) is 0 Å². The molecule has 3 heterocycles. The first-order valence-corrected chi connectivity index (χ1v) is 9.72. The van der Waals surface area contributed by atoms with Crippen LogP contribution >= 0.6 is 11.8 Å². The highest BCUT2D eigenvalue weighted by atomic mass is 32.2. The van der Waals surface area contributed by atoms with Crippen molar-refractivity contribution >= 4 is 34.2 Å². The fourth-order valence-corrected chi connectivity index (χ4v) is 4.77. The summed E-state index contributed by atoms with van der Waals surface area (Å²) < 4.78 is 16.7. The van der Waals surface area contributed by atoms with Gasteiger partial charge in [-0.1, -0.05) is 17.7 Å². The van der Waals surface area contributed by atoms with Crippen molar-refractivity contribution in [1.29, 1.82) is 0 Å². The standard InChI is InChI=1S/C21H17NO4S/c1-11-8-27-9-15(11)12-5-6-13-17(7-12)26-21(18(13)22)19(23)14-3-2-4-16-20(14)25-10-24-16/h2-8,15H,9-10,22H2,1H3. The summed E-state index contributed by atoms with van der Waals surface area (Å²) in [6.07, 6.45) is 0. The van der Waals surface area contributed by atoms with Gasteiger partial charge >= 0.3 is 0 Å². The smallest absolute Gasteiger partial charge is 0.234 e. The van der Waals surface area contributed by atoms with Gasteiger partial charge in [-0.2, -0.15) is 0 Å². The maximum atomic E-state index is 13.1. The van der Waals surface area contributed by atoms with E-state index in [0.717, 1.165) is 11.1 Å². The number of hydrogen-bond acceptors (Lipinski definition) is 6. The van der Waals surface area contributed by atoms with Crippen LogP contribution in [0.4, 0.5) is 5.69 Å². The van der Waals surface area contributed by atoms with Gasteiger partial charge in [-0.3, -0.25) is 4.79 Å². The van der Waals surface area contributed by atoms with Crippen LogP contribution in [0.25, 0.3) is 11.0 Å². The average molecular weight is 379 g/mol. The molecule has 1 aromatic heterocycles. The van der Waals surface area contributed by atoms with E-state index in [4.69, 9.17) is 19.6 Å². The molecule has 1 atom stereocenters. The van der Waals surface area contributed by atoms with E-state index >= 15 is 0 Å². The molecule has 0 radical (unpaired) electrons. The Morgan fingerprint density at radius 1 is 1.22 bits per heavy atom. The van der Waals surface area contributed by atoms with Crippen LogP contribution in [0.5, 0.6) is 11.5 Å². The van der Waals surface area contributed by atoms with Crippen molar-refractivity contribution in [1.82, 2.24) is 0 Å². The van der Waals surface area contributed by atoms with Crippen LogP contribution in [0.1, 0.15) is 34.5 Å². The highest BCUT2D eigenvalue weighted by Crippen LogP contribution is 2.40. The molecule has 6 heteroatoms. The molecule has 0 bridgehead atoms. The summed E-state index contributed by atoms with van der Waals surface area (Å²) >= 11 is 1.82. The van der Waals surface area contributed by atoms with Crippen LogP contribution in [-0.2, 0) is 0 Å². The monoisotopic (exact) mass is 379 g/mol. The molecule has 0 fully saturated rings. The summed E-state index contributed by atoms with van der Waals surface area (Å²) in [6.45, 7) is 2.24. The van der Waals surface area contributed by atoms with Crippen LogP contribution in [0.2, 0.25) is 0 Å². The van der Waals surface area contributed by atoms with E-state index < -0.39 is 0 Å². The molecule has 0 saturated carbocycles. The number of furan rings is 1. The number of ether oxygens (including phenoxy) is 2. The van der Waals surface area contributed by atoms with E-state index in [1.165, 1.54) is 11.1 Å². The average Bonchev–Trinajstić information content (AvgIpc) is 3.39. The summed E-state index contributed by atoms with van der Waals surface area (Å²) in [5.41, 5.74) is 10.1. The Labute approximate surface area is 160 Å². The Morgan fingerprint density at radius 3 is 2.93 bits per heavy atom. The molecule has 5 nitrogen and oxygen atoms in total. The number of ketones is 1. The third kappa shape index (κ3) is 2.51. The van der Waals surface area contributed by atoms with Crippen LogP contribution < -0.4 is 15.2 Å². The van der Waals surface area contributed by atoms with E-state index in [-0.39, 0.29) is 18.3 Å². The lowest BCUT2D eigenvalue weighted by Gasteiger charge is -2.11. The van der Waals surface area contributed by atoms with Crippen LogP contribution in [0.3, 0.4) is 0 Å². The Kier molecular flexibility index (Phi) is 3.68. The number of nitrogens with two attached hydrogens (primary N) is 1. The minimum Gasteiger partial charge on any atom is -0.454 e. The fraction of sp³-hybridized carbons (Fsp3) is 0.190. The van der Waals surface area contributed by atoms with Crippen molar-refractivity contribution in [3.63, 3.8) is 0 Å². The van der Waals surface area contributed by atoms with Crippen molar-refractivity contribution in [3.8, 4) is 11.5 Å². The van der Waals surface area contributed by atoms with E-state index in [9.17, 15) is 4.79 Å². The first-order valence-electron chi connectivity index (χ1n) is 8.67. The van der Waals surface area contributed by atoms with Gasteiger partial charge < -0.3 is 19.6 Å². The van der Waals surface area contributed by atoms with Gasteiger partial charge in [0.05, 0.1) is 11.3 Å². The van der Waals surface area contributed by atoms with Gasteiger partial charge in [0.1, 0.15) is 5.58 Å². The Balaban J connectivity index is 1.58. The largest absolute Gasteiger partial charge is 0.454 e. The second-order valence-corrected chi connectivity index (χ2v) is 7.62. The Morgan fingerprint density at radius 2 is 2.11 bits per heavy atom. The number of para-hydroxylation sites is 1. The molecular formula is C21H17NO4S. The number of anilines is 1. The molecule has 2 aromatic carbocycles. The van der Waals surface area contributed by atoms with Crippen molar-refractivity contribution in [2.24, 2.45) is 0 Å². The predicted octanol–water partition coefficient (Wildman–Crippen LogP) is 4.71. The van der Waals surface area contributed by atoms with Gasteiger partial charge in [0.2, 0.25) is 12.6 Å². The fourth-order valence-electron chi connectivity index (χ4n) is 3.60. The lowest BCUT2D eigenvalue weighted by Crippen LogP contribution is -2.04. The van der Waals surface area contributed by atoms with E-state index in [2.05, 4.69) is 18.4 Å². The van der Waals surface area contributed by atoms with Gasteiger partial charge in [-0.15, -0.1) is 11.8 Å². The molecule has 3 aromatic rings. The zero-order valence-corrected chi connectivity index (χ0v) is 15.5. The summed E-state index contributed by atoms with van der Waals surface area (Å²) in [5, 5.41) is 2.94. The molecule has 0 aliphatic carbocycles. The molecule has 1 unspecified atom stereocenters. The summed E-state index contributed by atoms with van der Waals surface area (Å²) in [4.78, 5) is 13.1.